The Balaban J connectivity index is 2.73. The van der Waals surface area contributed by atoms with Crippen molar-refractivity contribution in [1.29, 1.82) is 0 Å². The highest BCUT2D eigenvalue weighted by Crippen LogP contribution is 2.21. The van der Waals surface area contributed by atoms with Crippen molar-refractivity contribution in [2.45, 2.75) is 45.2 Å². The van der Waals surface area contributed by atoms with Crippen molar-refractivity contribution in [2.24, 2.45) is 5.84 Å². The highest BCUT2D eigenvalue weighted by atomic mass is 35.5. The second kappa shape index (κ2) is 8.26. The van der Waals surface area contributed by atoms with E-state index in [-0.39, 0.29) is 12.3 Å². The van der Waals surface area contributed by atoms with Crippen LogP contribution in [0, 0.1) is 0 Å². The number of halogens is 1. The number of nitrogens with zero attached hydrogens (tertiary/aromatic N) is 1. The summed E-state index contributed by atoms with van der Waals surface area (Å²) in [6.07, 6.45) is 0.983. The summed E-state index contributed by atoms with van der Waals surface area (Å²) in [6, 6.07) is 6.20. The molecule has 0 spiro atoms. The molecule has 1 unspecified atom stereocenters. The van der Waals surface area contributed by atoms with Crippen molar-refractivity contribution in [1.82, 2.24) is 15.4 Å². The molecule has 1 amide bonds. The van der Waals surface area contributed by atoms with E-state index in [4.69, 9.17) is 22.7 Å². The normalized spacial score (nSPS) is 13.0. The Morgan fingerprint density at radius 1 is 1.35 bits per heavy atom. The van der Waals surface area contributed by atoms with Gasteiger partial charge in [-0.2, -0.15) is 0 Å². The number of hydrogen-bond acceptors (Lipinski definition) is 5. The predicted molar refractivity (Wildman–Crippen MR) is 88.4 cm³/mol. The molecule has 0 bridgehead atoms. The van der Waals surface area contributed by atoms with Crippen LogP contribution >= 0.6 is 11.8 Å². The molecule has 128 valence electrons. The zero-order valence-electron chi connectivity index (χ0n) is 13.5. The molecule has 0 aliphatic heterocycles. The summed E-state index contributed by atoms with van der Waals surface area (Å²) in [5.74, 6) is 3.76. The van der Waals surface area contributed by atoms with Gasteiger partial charge in [-0.15, -0.1) is 4.53 Å². The van der Waals surface area contributed by atoms with Gasteiger partial charge >= 0.3 is 5.97 Å². The quantitative estimate of drug-likeness (QED) is 0.323. The average molecular weight is 343 g/mol. The van der Waals surface area contributed by atoms with Crippen LogP contribution in [0.3, 0.4) is 0 Å². The van der Waals surface area contributed by atoms with E-state index < -0.39 is 17.6 Å². The fourth-order valence-corrected chi connectivity index (χ4v) is 2.14. The minimum absolute atomic E-state index is 0.0946. The third-order valence-corrected chi connectivity index (χ3v) is 4.10. The number of aryl methyl sites for hydroxylation is 1. The summed E-state index contributed by atoms with van der Waals surface area (Å²) in [7, 11) is 0. The molecule has 5 N–H and O–H groups in total. The Kier molecular flexibility index (Phi) is 6.96. The first-order valence-electron chi connectivity index (χ1n) is 7.26. The summed E-state index contributed by atoms with van der Waals surface area (Å²) < 4.78 is 1.08. The van der Waals surface area contributed by atoms with Gasteiger partial charge in [0.2, 0.25) is 0 Å². The first-order chi connectivity index (χ1) is 10.7. The first-order valence-corrected chi connectivity index (χ1v) is 7.60. The molecule has 0 aliphatic carbocycles. The van der Waals surface area contributed by atoms with Crippen LogP contribution in [0.4, 0.5) is 0 Å². The zero-order chi connectivity index (χ0) is 17.6. The van der Waals surface area contributed by atoms with Crippen LogP contribution in [0.25, 0.3) is 0 Å². The molecule has 1 aromatic carbocycles. The Morgan fingerprint density at radius 2 is 1.91 bits per heavy atom. The highest BCUT2D eigenvalue weighted by molar-refractivity contribution is 6.14. The molecule has 0 aliphatic rings. The lowest BCUT2D eigenvalue weighted by molar-refractivity contribution is -0.140. The molecule has 1 atom stereocenters. The Bertz CT molecular complexity index is 548. The van der Waals surface area contributed by atoms with Crippen LogP contribution in [-0.2, 0) is 11.2 Å². The number of rotatable bonds is 8. The van der Waals surface area contributed by atoms with Gasteiger partial charge in [0, 0.05) is 17.3 Å². The zero-order valence-corrected chi connectivity index (χ0v) is 14.2. The van der Waals surface area contributed by atoms with Crippen molar-refractivity contribution in [2.75, 3.05) is 0 Å². The van der Waals surface area contributed by atoms with Crippen LogP contribution in [0.5, 0.6) is 0 Å². The second-order valence-electron chi connectivity index (χ2n) is 5.85. The molecule has 0 radical (unpaired) electrons. The SMILES string of the molecule is CCc1ccc(C(=O)NN(Cl)C(C)(C)CC(NN)C(=O)O)cc1. The van der Waals surface area contributed by atoms with Crippen molar-refractivity contribution in [3.8, 4) is 0 Å². The van der Waals surface area contributed by atoms with Crippen LogP contribution in [0.15, 0.2) is 24.3 Å². The third kappa shape index (κ3) is 5.47. The fourth-order valence-electron chi connectivity index (χ4n) is 1.99. The lowest BCUT2D eigenvalue weighted by atomic mass is 9.96. The van der Waals surface area contributed by atoms with E-state index in [9.17, 15) is 9.59 Å². The van der Waals surface area contributed by atoms with Gasteiger partial charge in [-0.1, -0.05) is 19.1 Å². The minimum atomic E-state index is -1.09. The number of carboxylic acids is 1. The summed E-state index contributed by atoms with van der Waals surface area (Å²) in [6.45, 7) is 5.43. The van der Waals surface area contributed by atoms with Crippen molar-refractivity contribution < 1.29 is 14.7 Å². The van der Waals surface area contributed by atoms with Gasteiger partial charge in [-0.25, -0.2) is 5.43 Å². The Morgan fingerprint density at radius 3 is 2.35 bits per heavy atom. The third-order valence-electron chi connectivity index (χ3n) is 3.56. The smallest absolute Gasteiger partial charge is 0.322 e. The van der Waals surface area contributed by atoms with Crippen molar-refractivity contribution >= 4 is 23.7 Å². The molecule has 0 fully saturated rings. The summed E-state index contributed by atoms with van der Waals surface area (Å²) in [5, 5.41) is 9.04. The maximum atomic E-state index is 12.2. The van der Waals surface area contributed by atoms with Gasteiger partial charge < -0.3 is 5.11 Å². The molecule has 1 rings (SSSR count). The van der Waals surface area contributed by atoms with Gasteiger partial charge in [-0.3, -0.25) is 20.9 Å². The van der Waals surface area contributed by atoms with Crippen molar-refractivity contribution in [3.63, 3.8) is 0 Å². The number of nitrogens with one attached hydrogen (secondary N) is 2. The predicted octanol–water partition coefficient (Wildman–Crippen LogP) is 1.43. The van der Waals surface area contributed by atoms with E-state index in [2.05, 4.69) is 10.9 Å². The Labute approximate surface area is 140 Å². The molecule has 0 aromatic heterocycles. The van der Waals surface area contributed by atoms with Crippen molar-refractivity contribution in [3.05, 3.63) is 35.4 Å². The lowest BCUT2D eigenvalue weighted by Gasteiger charge is -2.34. The monoisotopic (exact) mass is 342 g/mol. The van der Waals surface area contributed by atoms with E-state index in [1.807, 2.05) is 19.1 Å². The summed E-state index contributed by atoms with van der Waals surface area (Å²) in [5.41, 5.74) is 5.51. The maximum absolute atomic E-state index is 12.2. The van der Waals surface area contributed by atoms with E-state index in [1.165, 1.54) is 0 Å². The molecule has 23 heavy (non-hydrogen) atoms. The number of carbonyl (C=O) groups excluding carboxylic acids is 1. The number of benzene rings is 1. The molecule has 1 aromatic rings. The number of aliphatic carboxylic acids is 1. The minimum Gasteiger partial charge on any atom is -0.480 e. The first kappa shape index (κ1) is 19.4. The summed E-state index contributed by atoms with van der Waals surface area (Å²) >= 11 is 6.12. The van der Waals surface area contributed by atoms with Gasteiger partial charge in [0.1, 0.15) is 6.04 Å². The average Bonchev–Trinajstić information content (AvgIpc) is 2.52. The molecule has 0 saturated heterocycles. The number of amides is 1. The fraction of sp³-hybridized carbons (Fsp3) is 0.467. The van der Waals surface area contributed by atoms with E-state index in [1.54, 1.807) is 26.0 Å². The van der Waals surface area contributed by atoms with Gasteiger partial charge in [-0.05, 0) is 44.4 Å². The second-order valence-corrected chi connectivity index (χ2v) is 6.18. The molecule has 7 nitrogen and oxygen atoms in total. The van der Waals surface area contributed by atoms with Gasteiger partial charge in [0.15, 0.2) is 0 Å². The van der Waals surface area contributed by atoms with E-state index >= 15 is 0 Å². The van der Waals surface area contributed by atoms with Gasteiger partial charge in [0.05, 0.1) is 5.54 Å². The molecule has 0 saturated carbocycles. The number of hydrazine groups is 2. The topological polar surface area (TPSA) is 108 Å². The van der Waals surface area contributed by atoms with E-state index in [0.717, 1.165) is 16.5 Å². The number of nitrogens with two attached hydrogens (primary N) is 1. The Hall–Kier alpha value is -1.67. The molecule has 8 heteroatoms. The lowest BCUT2D eigenvalue weighted by Crippen LogP contribution is -2.54. The maximum Gasteiger partial charge on any atom is 0.322 e. The number of carbonyl (C=O) groups is 2. The van der Waals surface area contributed by atoms with E-state index in [0.29, 0.717) is 5.56 Å². The number of carboxylic acid groups (broad SMARTS) is 1. The van der Waals surface area contributed by atoms with Crippen LogP contribution < -0.4 is 16.7 Å². The molecule has 0 heterocycles. The van der Waals surface area contributed by atoms with Crippen LogP contribution in [0.2, 0.25) is 0 Å². The standard InChI is InChI=1S/C15H23ClN4O3/c1-4-10-5-7-11(8-6-10)13(21)19-20(16)15(2,3)9-12(18-17)14(22)23/h5-8,12,18H,4,9,17H2,1-3H3,(H,19,21)(H,22,23). The largest absolute Gasteiger partial charge is 0.480 e. The van der Waals surface area contributed by atoms with Crippen LogP contribution in [-0.4, -0.2) is 33.1 Å². The van der Waals surface area contributed by atoms with Crippen LogP contribution in [0.1, 0.15) is 43.1 Å². The van der Waals surface area contributed by atoms with Gasteiger partial charge in [0.25, 0.3) is 5.91 Å². The number of hydrogen-bond donors (Lipinski definition) is 4. The molecular weight excluding hydrogens is 320 g/mol. The summed E-state index contributed by atoms with van der Waals surface area (Å²) in [4.78, 5) is 23.2. The molecular formula is C15H23ClN4O3. The highest BCUT2D eigenvalue weighted by Gasteiger charge is 2.33.